The third-order valence-electron chi connectivity index (χ3n) is 27.3. The molecule has 806 valence electrons. The maximum absolute atomic E-state index is 12.1. The molecule has 0 saturated carbocycles. The summed E-state index contributed by atoms with van der Waals surface area (Å²) < 4.78 is 60.9. The van der Waals surface area contributed by atoms with E-state index in [2.05, 4.69) is 0 Å². The molecule has 140 heavy (non-hydrogen) atoms. The zero-order chi connectivity index (χ0) is 104. The number of carboxylic acids is 4. The Labute approximate surface area is 827 Å². The van der Waals surface area contributed by atoms with Crippen LogP contribution in [0, 0.1) is 41.4 Å². The lowest BCUT2D eigenvalue weighted by molar-refractivity contribution is -0.236. The second-order valence-electron chi connectivity index (χ2n) is 40.0. The SMILES string of the molecule is C/C(=C\C(=O)OCCCC/C=C/CCC(=O)O)CC1OCC(CC2OC2C(C)C(C)O)C(O)C1O.C/C(=C\C(=O)OCCCCCCCCC(=O)O)CC1OCC(C/C=C/C(C)C(C)O)C(O)C1O.C/C(=C\C(=O)OCCCCCCCCC(=O)O)CC1OCC(CC2OC2C(C)C(C)O)C(O)C1O.C/C(=C\C(=O)OCCCCCCCCC(=O)O)CC1OCC(O)(CC2OC2C(C)C(C)O)C(O)C1O. The largest absolute Gasteiger partial charge is 0.481 e. The Hall–Kier alpha value is -6.60. The van der Waals surface area contributed by atoms with E-state index in [0.29, 0.717) is 139 Å². The van der Waals surface area contributed by atoms with Crippen molar-refractivity contribution >= 4 is 47.8 Å². The van der Waals surface area contributed by atoms with Crippen LogP contribution in [0.3, 0.4) is 0 Å². The van der Waals surface area contributed by atoms with Crippen molar-refractivity contribution in [1.82, 2.24) is 0 Å². The number of esters is 4. The quantitative estimate of drug-likeness (QED) is 0.00672. The highest BCUT2D eigenvalue weighted by atomic mass is 16.6. The van der Waals surface area contributed by atoms with Crippen molar-refractivity contribution in [3.63, 3.8) is 0 Å². The van der Waals surface area contributed by atoms with Gasteiger partial charge in [-0.25, -0.2) is 19.2 Å². The number of aliphatic hydroxyl groups is 13. The molecule has 0 bridgehead atoms. The minimum Gasteiger partial charge on any atom is -0.481 e. The van der Waals surface area contributed by atoms with Gasteiger partial charge in [0.25, 0.3) is 0 Å². The van der Waals surface area contributed by atoms with Crippen LogP contribution in [0.1, 0.15) is 301 Å². The average Bonchev–Trinajstić information content (AvgIpc) is 1.54. The van der Waals surface area contributed by atoms with Gasteiger partial charge in [0.1, 0.15) is 36.1 Å². The van der Waals surface area contributed by atoms with Crippen molar-refractivity contribution in [2.45, 2.75) is 441 Å². The predicted molar refractivity (Wildman–Crippen MR) is 516 cm³/mol. The summed E-state index contributed by atoms with van der Waals surface area (Å²) in [7, 11) is 0. The van der Waals surface area contributed by atoms with Gasteiger partial charge in [-0.3, -0.25) is 19.2 Å². The molecule has 7 aliphatic rings. The van der Waals surface area contributed by atoms with Gasteiger partial charge in [0.15, 0.2) is 0 Å². The molecule has 0 aliphatic carbocycles. The second kappa shape index (κ2) is 68.0. The van der Waals surface area contributed by atoms with Gasteiger partial charge in [0.2, 0.25) is 0 Å². The summed E-state index contributed by atoms with van der Waals surface area (Å²) >= 11 is 0. The van der Waals surface area contributed by atoms with Crippen molar-refractivity contribution in [1.29, 1.82) is 0 Å². The Morgan fingerprint density at radius 1 is 0.336 bits per heavy atom. The molecule has 36 nitrogen and oxygen atoms in total. The molecule has 0 aromatic rings. The summed E-state index contributed by atoms with van der Waals surface area (Å²) in [6, 6.07) is 0. The molecule has 17 N–H and O–H groups in total. The first-order valence-electron chi connectivity index (χ1n) is 51.1. The molecule has 7 rings (SSSR count). The van der Waals surface area contributed by atoms with Gasteiger partial charge in [-0.15, -0.1) is 0 Å². The molecule has 30 atom stereocenters. The second-order valence-corrected chi connectivity index (χ2v) is 40.0. The van der Waals surface area contributed by atoms with Gasteiger partial charge in [0, 0.05) is 91.9 Å². The van der Waals surface area contributed by atoms with E-state index in [-0.39, 0.29) is 123 Å². The molecular formula is C104H174O36. The number of epoxide rings is 3. The molecule has 0 radical (unpaired) electrons. The topological polar surface area (TPSA) is 592 Å². The van der Waals surface area contributed by atoms with Crippen molar-refractivity contribution in [3.8, 4) is 0 Å². The smallest absolute Gasteiger partial charge is 0.330 e. The van der Waals surface area contributed by atoms with E-state index in [0.717, 1.165) is 109 Å². The minimum absolute atomic E-state index is 0.0131. The van der Waals surface area contributed by atoms with Crippen LogP contribution in [0.4, 0.5) is 0 Å². The van der Waals surface area contributed by atoms with Gasteiger partial charge in [-0.2, -0.15) is 0 Å². The lowest BCUT2D eigenvalue weighted by atomic mass is 9.82. The molecule has 36 heteroatoms. The molecule has 7 fully saturated rings. The van der Waals surface area contributed by atoms with Crippen LogP contribution in [0.5, 0.6) is 0 Å². The van der Waals surface area contributed by atoms with E-state index < -0.39 is 151 Å². The standard InChI is InChI=1S/C26H44O10.C26H44O9.C26H42O9.C26H44O8/c1-16(13-22(30)34-11-9-7-5-4-6-8-10-21(28)29)12-19-23(31)25(32)26(33,15-35-19)14-20-24(36-20)17(2)18(3)27;2*1-16(13-23(30)33-11-9-7-5-4-6-8-10-22(28)29)12-20-25(32)24(31)19(15-34-20)14-21-26(35-21)17(2)18(3)27;1-18(16-24(30)33-14-9-7-5-4-6-8-13-23(28)29)15-22-26(32)25(31)21(17-34-22)12-10-11-19(2)20(3)27/h13,17-20,23-25,27,31-33H,4-12,14-15H2,1-3H3,(H,28,29);13,17-21,24-27,31-32H,4-12,14-15H2,1-3H3,(H,28,29);4,6,13,17-21,24-27,31-32H,5,7-12,14-15H2,1-3H3,(H,28,29);10-11,16,19-22,25-27,31-32H,4-9,12-15,17H2,1-3H3,(H,28,29)/b2*16-13+;6-4+,16-13+;11-10+,18-16+. The Balaban J connectivity index is 0.000000390. The Morgan fingerprint density at radius 2 is 0.629 bits per heavy atom. The van der Waals surface area contributed by atoms with E-state index in [1.165, 1.54) is 24.3 Å². The number of carboxylic acid groups (broad SMARTS) is 4. The molecule has 7 saturated heterocycles. The first-order valence-corrected chi connectivity index (χ1v) is 51.1. The summed E-state index contributed by atoms with van der Waals surface area (Å²) in [4.78, 5) is 90.0. The third-order valence-corrected chi connectivity index (χ3v) is 27.3. The number of aliphatic hydroxyl groups excluding tert-OH is 12. The molecular weight excluding hydrogens is 1830 g/mol. The first-order chi connectivity index (χ1) is 66.2. The van der Waals surface area contributed by atoms with E-state index in [9.17, 15) is 105 Å². The van der Waals surface area contributed by atoms with Gasteiger partial charge in [-0.1, -0.05) is 151 Å². The maximum atomic E-state index is 12.1. The van der Waals surface area contributed by atoms with Crippen LogP contribution in [0.25, 0.3) is 0 Å². The van der Waals surface area contributed by atoms with E-state index in [4.69, 9.17) is 72.5 Å². The van der Waals surface area contributed by atoms with E-state index in [1.54, 1.807) is 55.4 Å². The number of carbonyl (C=O) groups is 8. The minimum atomic E-state index is -1.67. The molecule has 30 unspecified atom stereocenters. The number of allylic oxidation sites excluding steroid dienone is 3. The lowest BCUT2D eigenvalue weighted by Crippen LogP contribution is -2.61. The van der Waals surface area contributed by atoms with Crippen LogP contribution in [-0.4, -0.2) is 327 Å². The maximum Gasteiger partial charge on any atom is 0.330 e. The summed E-state index contributed by atoms with van der Waals surface area (Å²) in [6.07, 6.45) is 21.3. The highest BCUT2D eigenvalue weighted by Gasteiger charge is 2.56. The summed E-state index contributed by atoms with van der Waals surface area (Å²) in [6.45, 7) is 23.5. The van der Waals surface area contributed by atoms with Crippen molar-refractivity contribution in [3.05, 3.63) is 70.9 Å². The lowest BCUT2D eigenvalue weighted by Gasteiger charge is -2.43. The third kappa shape index (κ3) is 51.0. The summed E-state index contributed by atoms with van der Waals surface area (Å²) in [5.74, 6) is -5.68. The van der Waals surface area contributed by atoms with Gasteiger partial charge < -0.3 is 139 Å². The van der Waals surface area contributed by atoms with Gasteiger partial charge >= 0.3 is 47.8 Å². The summed E-state index contributed by atoms with van der Waals surface area (Å²) in [5, 5.41) is 168. The highest BCUT2D eigenvalue weighted by Crippen LogP contribution is 2.43. The number of hydrogen-bond donors (Lipinski definition) is 17. The molecule has 0 amide bonds. The molecule has 0 aromatic heterocycles. The van der Waals surface area contributed by atoms with Crippen molar-refractivity contribution in [2.75, 3.05) is 52.9 Å². The molecule has 0 spiro atoms. The van der Waals surface area contributed by atoms with Crippen LogP contribution in [0.15, 0.2) is 70.9 Å². The van der Waals surface area contributed by atoms with Crippen LogP contribution in [-0.2, 0) is 90.5 Å². The first kappa shape index (κ1) is 126. The monoisotopic (exact) mass is 2000 g/mol. The van der Waals surface area contributed by atoms with Crippen molar-refractivity contribution < 1.29 is 177 Å². The van der Waals surface area contributed by atoms with Crippen LogP contribution >= 0.6 is 0 Å². The number of hydrogen-bond acceptors (Lipinski definition) is 32. The molecule has 0 aromatic carbocycles. The normalized spacial score (nSPS) is 29.7. The van der Waals surface area contributed by atoms with Gasteiger partial charge in [0.05, 0.1) is 157 Å². The summed E-state index contributed by atoms with van der Waals surface area (Å²) in [5.41, 5.74) is 1.07. The van der Waals surface area contributed by atoms with E-state index >= 15 is 0 Å². The fraction of sp³-hybridized carbons (Fsp3) is 0.808. The Morgan fingerprint density at radius 3 is 0.964 bits per heavy atom. The number of carbonyl (C=O) groups excluding carboxylic acids is 4. The molecule has 7 heterocycles. The highest BCUT2D eigenvalue weighted by molar-refractivity contribution is 5.84. The van der Waals surface area contributed by atoms with E-state index in [1.807, 2.05) is 52.0 Å². The zero-order valence-corrected chi connectivity index (χ0v) is 84.9. The van der Waals surface area contributed by atoms with Crippen LogP contribution in [0.2, 0.25) is 0 Å². The fourth-order valence-corrected chi connectivity index (χ4v) is 17.3. The number of unbranched alkanes of at least 4 members (excludes halogenated alkanes) is 17. The number of ether oxygens (including phenoxy) is 11. The van der Waals surface area contributed by atoms with Gasteiger partial charge in [-0.05, 0) is 170 Å². The number of rotatable bonds is 63. The molecule has 7 aliphatic heterocycles. The predicted octanol–water partition coefficient (Wildman–Crippen LogP) is 10.0. The average molecular weight is 2000 g/mol. The van der Waals surface area contributed by atoms with Crippen molar-refractivity contribution in [2.24, 2.45) is 41.4 Å². The Kier molecular flexibility index (Phi) is 61.0. The zero-order valence-electron chi connectivity index (χ0n) is 84.9. The Bertz CT molecular complexity index is 3760. The van der Waals surface area contributed by atoms with Crippen LogP contribution < -0.4 is 0 Å². The number of aliphatic carboxylic acids is 4. The fourth-order valence-electron chi connectivity index (χ4n) is 17.3.